The van der Waals surface area contributed by atoms with Crippen molar-refractivity contribution in [3.8, 4) is 0 Å². The van der Waals surface area contributed by atoms with Gasteiger partial charge in [0.15, 0.2) is 0 Å². The molecule has 4 rings (SSSR count). The first-order valence-corrected chi connectivity index (χ1v) is 9.36. The molecular formula is C21H28O5. The first-order valence-electron chi connectivity index (χ1n) is 9.36. The zero-order valence-corrected chi connectivity index (χ0v) is 16.2. The van der Waals surface area contributed by atoms with Gasteiger partial charge in [0.2, 0.25) is 0 Å². The van der Waals surface area contributed by atoms with E-state index in [1.807, 2.05) is 65.0 Å². The third-order valence-corrected chi connectivity index (χ3v) is 5.76. The van der Waals surface area contributed by atoms with Gasteiger partial charge in [-0.05, 0) is 40.2 Å². The summed E-state index contributed by atoms with van der Waals surface area (Å²) >= 11 is 0. The van der Waals surface area contributed by atoms with E-state index >= 15 is 0 Å². The zero-order valence-electron chi connectivity index (χ0n) is 16.2. The number of carbonyl (C=O) groups excluding carboxylic acids is 1. The highest BCUT2D eigenvalue weighted by Crippen LogP contribution is 2.59. The minimum Gasteiger partial charge on any atom is -0.459 e. The fraction of sp³-hybridized carbons (Fsp3) is 0.667. The molecule has 5 heteroatoms. The Labute approximate surface area is 155 Å². The summed E-state index contributed by atoms with van der Waals surface area (Å²) < 4.78 is 24.5. The van der Waals surface area contributed by atoms with Crippen LogP contribution in [0.25, 0.3) is 0 Å². The van der Waals surface area contributed by atoms with E-state index in [0.717, 1.165) is 5.56 Å². The molecule has 0 amide bonds. The van der Waals surface area contributed by atoms with Crippen LogP contribution in [0.4, 0.5) is 0 Å². The summed E-state index contributed by atoms with van der Waals surface area (Å²) in [6.07, 6.45) is -0.0455. The summed E-state index contributed by atoms with van der Waals surface area (Å²) in [5.74, 6) is -0.209. The average Bonchev–Trinajstić information content (AvgIpc) is 3.33. The predicted molar refractivity (Wildman–Crippen MR) is 95.5 cm³/mol. The lowest BCUT2D eigenvalue weighted by Crippen LogP contribution is -2.61. The van der Waals surface area contributed by atoms with Crippen LogP contribution in [0.2, 0.25) is 0 Å². The van der Waals surface area contributed by atoms with Gasteiger partial charge >= 0.3 is 5.97 Å². The van der Waals surface area contributed by atoms with Gasteiger partial charge in [-0.1, -0.05) is 30.3 Å². The normalized spacial score (nSPS) is 40.8. The number of ether oxygens (including phenoxy) is 4. The molecule has 1 aromatic carbocycles. The van der Waals surface area contributed by atoms with Gasteiger partial charge in [-0.15, -0.1) is 0 Å². The molecule has 0 unspecified atom stereocenters. The lowest BCUT2D eigenvalue weighted by atomic mass is 9.87. The molecule has 0 aromatic heterocycles. The first kappa shape index (κ1) is 18.0. The highest BCUT2D eigenvalue weighted by molar-refractivity contribution is 5.75. The zero-order chi connectivity index (χ0) is 18.7. The van der Waals surface area contributed by atoms with Crippen LogP contribution in [0.1, 0.15) is 46.6 Å². The SMILES string of the molecule is CC(C)(C)C(=O)O[C@H]1C[C@]2(C)O[C@](C)([C@H]1OCc1ccccc1)[C@H]1O[C@H]12. The molecule has 1 aromatic rings. The highest BCUT2D eigenvalue weighted by atomic mass is 16.7. The Hall–Kier alpha value is -1.43. The van der Waals surface area contributed by atoms with Crippen LogP contribution < -0.4 is 0 Å². The second-order valence-corrected chi connectivity index (χ2v) is 9.19. The monoisotopic (exact) mass is 360 g/mol. The van der Waals surface area contributed by atoms with E-state index in [9.17, 15) is 4.79 Å². The molecule has 26 heavy (non-hydrogen) atoms. The van der Waals surface area contributed by atoms with Crippen molar-refractivity contribution >= 4 is 5.97 Å². The minimum absolute atomic E-state index is 0.00612. The van der Waals surface area contributed by atoms with E-state index in [1.165, 1.54) is 0 Å². The van der Waals surface area contributed by atoms with Gasteiger partial charge in [0.1, 0.15) is 30.0 Å². The molecule has 0 saturated carbocycles. The molecule has 3 aliphatic heterocycles. The number of esters is 1. The van der Waals surface area contributed by atoms with Crippen molar-refractivity contribution < 1.29 is 23.7 Å². The molecule has 0 radical (unpaired) electrons. The molecule has 142 valence electrons. The lowest BCUT2D eigenvalue weighted by Gasteiger charge is -2.48. The van der Waals surface area contributed by atoms with E-state index in [0.29, 0.717) is 13.0 Å². The van der Waals surface area contributed by atoms with Crippen molar-refractivity contribution in [2.75, 3.05) is 0 Å². The van der Waals surface area contributed by atoms with Crippen LogP contribution in [0.15, 0.2) is 30.3 Å². The largest absolute Gasteiger partial charge is 0.459 e. The molecule has 0 spiro atoms. The van der Waals surface area contributed by atoms with Crippen molar-refractivity contribution in [2.45, 2.75) is 83.3 Å². The fourth-order valence-corrected chi connectivity index (χ4v) is 4.34. The number of hydrogen-bond acceptors (Lipinski definition) is 5. The van der Waals surface area contributed by atoms with Crippen LogP contribution in [-0.2, 0) is 30.3 Å². The molecule has 0 aliphatic carbocycles. The second-order valence-electron chi connectivity index (χ2n) is 9.19. The Morgan fingerprint density at radius 3 is 2.54 bits per heavy atom. The molecule has 3 heterocycles. The topological polar surface area (TPSA) is 57.3 Å². The molecular weight excluding hydrogens is 332 g/mol. The summed E-state index contributed by atoms with van der Waals surface area (Å²) in [5.41, 5.74) is -0.497. The molecule has 3 aliphatic rings. The summed E-state index contributed by atoms with van der Waals surface area (Å²) in [7, 11) is 0. The number of carbonyl (C=O) groups is 1. The van der Waals surface area contributed by atoms with Crippen LogP contribution in [0.3, 0.4) is 0 Å². The van der Waals surface area contributed by atoms with Gasteiger partial charge in [0, 0.05) is 6.42 Å². The summed E-state index contributed by atoms with van der Waals surface area (Å²) in [5, 5.41) is 0. The number of hydrogen-bond donors (Lipinski definition) is 0. The van der Waals surface area contributed by atoms with Crippen molar-refractivity contribution in [3.05, 3.63) is 35.9 Å². The summed E-state index contributed by atoms with van der Waals surface area (Å²) in [6.45, 7) is 10.1. The van der Waals surface area contributed by atoms with Crippen LogP contribution in [0.5, 0.6) is 0 Å². The lowest BCUT2D eigenvalue weighted by molar-refractivity contribution is -0.273. The Kier molecular flexibility index (Phi) is 3.99. The molecule has 3 fully saturated rings. The van der Waals surface area contributed by atoms with E-state index in [4.69, 9.17) is 18.9 Å². The average molecular weight is 360 g/mol. The minimum atomic E-state index is -0.602. The Morgan fingerprint density at radius 2 is 1.88 bits per heavy atom. The van der Waals surface area contributed by atoms with E-state index in [-0.39, 0.29) is 30.4 Å². The van der Waals surface area contributed by atoms with Crippen LogP contribution in [0, 0.1) is 5.41 Å². The van der Waals surface area contributed by atoms with Gasteiger partial charge in [0.05, 0.1) is 17.6 Å². The number of rotatable bonds is 4. The molecule has 0 N–H and O–H groups in total. The second kappa shape index (κ2) is 5.78. The quantitative estimate of drug-likeness (QED) is 0.609. The molecule has 3 saturated heterocycles. The smallest absolute Gasteiger partial charge is 0.311 e. The maximum Gasteiger partial charge on any atom is 0.311 e. The maximum absolute atomic E-state index is 12.5. The van der Waals surface area contributed by atoms with Crippen LogP contribution in [-0.4, -0.2) is 41.6 Å². The molecule has 2 bridgehead atoms. The van der Waals surface area contributed by atoms with Gasteiger partial charge in [0.25, 0.3) is 0 Å². The Balaban J connectivity index is 1.57. The highest BCUT2D eigenvalue weighted by Gasteiger charge is 2.76. The Bertz CT molecular complexity index is 696. The fourth-order valence-electron chi connectivity index (χ4n) is 4.34. The van der Waals surface area contributed by atoms with Gasteiger partial charge in [-0.2, -0.15) is 0 Å². The van der Waals surface area contributed by atoms with Gasteiger partial charge in [-0.3, -0.25) is 4.79 Å². The first-order chi connectivity index (χ1) is 12.1. The van der Waals surface area contributed by atoms with Gasteiger partial charge in [-0.25, -0.2) is 0 Å². The van der Waals surface area contributed by atoms with Crippen molar-refractivity contribution in [1.82, 2.24) is 0 Å². The van der Waals surface area contributed by atoms with Crippen molar-refractivity contribution in [3.63, 3.8) is 0 Å². The van der Waals surface area contributed by atoms with Crippen molar-refractivity contribution in [2.24, 2.45) is 5.41 Å². The van der Waals surface area contributed by atoms with Gasteiger partial charge < -0.3 is 18.9 Å². The summed E-state index contributed by atoms with van der Waals surface area (Å²) in [4.78, 5) is 12.5. The third kappa shape index (κ3) is 2.86. The maximum atomic E-state index is 12.5. The number of epoxide rings is 1. The molecule has 5 nitrogen and oxygen atoms in total. The van der Waals surface area contributed by atoms with Crippen molar-refractivity contribution in [1.29, 1.82) is 0 Å². The van der Waals surface area contributed by atoms with E-state index in [1.54, 1.807) is 0 Å². The van der Waals surface area contributed by atoms with E-state index < -0.39 is 16.6 Å². The number of fused-ring (bicyclic) bond motifs is 5. The Morgan fingerprint density at radius 1 is 1.19 bits per heavy atom. The molecule has 6 atom stereocenters. The summed E-state index contributed by atoms with van der Waals surface area (Å²) in [6, 6.07) is 10.0. The predicted octanol–water partition coefficient (Wildman–Crippen LogP) is 3.25. The third-order valence-electron chi connectivity index (χ3n) is 5.76. The van der Waals surface area contributed by atoms with E-state index in [2.05, 4.69) is 0 Å². The number of benzene rings is 1. The standard InChI is InChI=1S/C21H28O5/c1-19(2,3)18(22)24-14-11-20(4)16-17(25-16)21(5,26-20)15(14)23-12-13-9-7-6-8-10-13/h6-10,14-17H,11-12H2,1-5H3/t14-,15-,16+,17-,20-,21+/m0/s1. The van der Waals surface area contributed by atoms with Crippen LogP contribution >= 0.6 is 0 Å².